The van der Waals surface area contributed by atoms with E-state index in [1.807, 2.05) is 19.1 Å². The van der Waals surface area contributed by atoms with Crippen LogP contribution in [0.4, 0.5) is 0 Å². The molecule has 2 atom stereocenters. The second-order valence-corrected chi connectivity index (χ2v) is 6.98. The zero-order valence-corrected chi connectivity index (χ0v) is 15.5. The number of rotatable bonds is 6. The van der Waals surface area contributed by atoms with Gasteiger partial charge < -0.3 is 14.8 Å². The van der Waals surface area contributed by atoms with Crippen molar-refractivity contribution in [1.29, 1.82) is 0 Å². The van der Waals surface area contributed by atoms with Gasteiger partial charge in [0.25, 0.3) is 0 Å². The first-order chi connectivity index (χ1) is 12.6. The Morgan fingerprint density at radius 2 is 1.81 bits per heavy atom. The highest BCUT2D eigenvalue weighted by Crippen LogP contribution is 2.24. The molecule has 1 aliphatic rings. The third-order valence-electron chi connectivity index (χ3n) is 4.55. The van der Waals surface area contributed by atoms with Gasteiger partial charge in [-0.1, -0.05) is 36.4 Å². The Bertz CT molecular complexity index is 703. The van der Waals surface area contributed by atoms with Crippen LogP contribution >= 0.6 is 0 Å². The van der Waals surface area contributed by atoms with E-state index in [0.717, 1.165) is 31.6 Å². The zero-order chi connectivity index (χ0) is 18.4. The average Bonchev–Trinajstić information content (AvgIpc) is 2.63. The number of nitrogens with one attached hydrogen (secondary N) is 1. The fraction of sp³-hybridized carbons (Fsp3) is 0.409. The molecule has 0 aliphatic carbocycles. The van der Waals surface area contributed by atoms with Gasteiger partial charge in [-0.25, -0.2) is 0 Å². The van der Waals surface area contributed by atoms with Gasteiger partial charge in [-0.15, -0.1) is 0 Å². The van der Waals surface area contributed by atoms with Gasteiger partial charge in [0.2, 0.25) is 5.91 Å². The van der Waals surface area contributed by atoms with Crippen molar-refractivity contribution in [2.45, 2.75) is 45.3 Å². The van der Waals surface area contributed by atoms with Crippen LogP contribution in [0.1, 0.15) is 32.3 Å². The van der Waals surface area contributed by atoms with E-state index >= 15 is 0 Å². The molecule has 2 aromatic carbocycles. The Morgan fingerprint density at radius 1 is 1.15 bits per heavy atom. The molecule has 1 heterocycles. The first-order valence-electron chi connectivity index (χ1n) is 9.31. The Kier molecular flexibility index (Phi) is 6.29. The minimum atomic E-state index is 0.0104. The van der Waals surface area contributed by atoms with Crippen LogP contribution in [0.5, 0.6) is 5.75 Å². The molecule has 26 heavy (non-hydrogen) atoms. The summed E-state index contributed by atoms with van der Waals surface area (Å²) in [5, 5.41) is 2.92. The van der Waals surface area contributed by atoms with Crippen LogP contribution in [-0.2, 0) is 16.0 Å². The Hall–Kier alpha value is -2.33. The van der Waals surface area contributed by atoms with E-state index in [4.69, 9.17) is 9.47 Å². The van der Waals surface area contributed by atoms with Crippen LogP contribution in [0.3, 0.4) is 0 Å². The average molecular weight is 353 g/mol. The van der Waals surface area contributed by atoms with Crippen molar-refractivity contribution in [3.05, 3.63) is 54.1 Å². The first-order valence-corrected chi connectivity index (χ1v) is 9.31. The minimum Gasteiger partial charge on any atom is -0.488 e. The number of amides is 1. The second kappa shape index (κ2) is 8.86. The smallest absolute Gasteiger partial charge is 0.217 e. The number of hydrogen-bond acceptors (Lipinski definition) is 3. The predicted octanol–water partition coefficient (Wildman–Crippen LogP) is 3.98. The third-order valence-corrected chi connectivity index (χ3v) is 4.55. The number of benzene rings is 2. The number of carbonyl (C=O) groups excluding carboxylic acids is 1. The maximum Gasteiger partial charge on any atom is 0.217 e. The standard InChI is InChI=1S/C22H27NO3/c1-16(23-17(2)24)14-18-5-7-19(8-6-18)20-9-11-21(12-10-20)26-22-4-3-13-25-15-22/h5-12,16,22H,3-4,13-15H2,1-2H3,(H,23,24). The van der Waals surface area contributed by atoms with Crippen molar-refractivity contribution in [3.63, 3.8) is 0 Å². The Balaban J connectivity index is 1.59. The molecule has 1 fully saturated rings. The minimum absolute atomic E-state index is 0.0104. The van der Waals surface area contributed by atoms with Crippen molar-refractivity contribution in [2.75, 3.05) is 13.2 Å². The van der Waals surface area contributed by atoms with Gasteiger partial charge in [0, 0.05) is 19.6 Å². The monoisotopic (exact) mass is 353 g/mol. The number of carbonyl (C=O) groups is 1. The molecule has 0 spiro atoms. The largest absolute Gasteiger partial charge is 0.488 e. The van der Waals surface area contributed by atoms with Gasteiger partial charge in [-0.05, 0) is 55.0 Å². The van der Waals surface area contributed by atoms with Crippen LogP contribution in [0.2, 0.25) is 0 Å². The molecule has 1 amide bonds. The van der Waals surface area contributed by atoms with Gasteiger partial charge in [0.15, 0.2) is 0 Å². The fourth-order valence-corrected chi connectivity index (χ4v) is 3.31. The lowest BCUT2D eigenvalue weighted by molar-refractivity contribution is -0.119. The summed E-state index contributed by atoms with van der Waals surface area (Å²) in [4.78, 5) is 11.1. The van der Waals surface area contributed by atoms with E-state index in [0.29, 0.717) is 6.61 Å². The molecule has 2 aromatic rings. The lowest BCUT2D eigenvalue weighted by atomic mass is 10.0. The second-order valence-electron chi connectivity index (χ2n) is 6.98. The van der Waals surface area contributed by atoms with Gasteiger partial charge >= 0.3 is 0 Å². The molecule has 138 valence electrons. The number of ether oxygens (including phenoxy) is 2. The van der Waals surface area contributed by atoms with Crippen LogP contribution in [0, 0.1) is 0 Å². The summed E-state index contributed by atoms with van der Waals surface area (Å²) in [7, 11) is 0. The molecule has 4 nitrogen and oxygen atoms in total. The normalized spacial score (nSPS) is 18.2. The summed E-state index contributed by atoms with van der Waals surface area (Å²) in [5.74, 6) is 0.904. The summed E-state index contributed by atoms with van der Waals surface area (Å²) in [5.41, 5.74) is 3.56. The SMILES string of the molecule is CC(=O)NC(C)Cc1ccc(-c2ccc(OC3CCCOC3)cc2)cc1. The lowest BCUT2D eigenvalue weighted by Gasteiger charge is -2.23. The van der Waals surface area contributed by atoms with Crippen molar-refractivity contribution >= 4 is 5.91 Å². The topological polar surface area (TPSA) is 47.6 Å². The quantitative estimate of drug-likeness (QED) is 0.854. The molecule has 0 saturated carbocycles. The molecule has 0 aromatic heterocycles. The molecular formula is C22H27NO3. The highest BCUT2D eigenvalue weighted by Gasteiger charge is 2.15. The van der Waals surface area contributed by atoms with E-state index in [1.54, 1.807) is 6.92 Å². The maximum absolute atomic E-state index is 11.1. The molecule has 1 saturated heterocycles. The van der Waals surface area contributed by atoms with Crippen LogP contribution < -0.4 is 10.1 Å². The van der Waals surface area contributed by atoms with E-state index in [9.17, 15) is 4.79 Å². The highest BCUT2D eigenvalue weighted by molar-refractivity contribution is 5.73. The molecule has 0 radical (unpaired) electrons. The van der Waals surface area contributed by atoms with Crippen LogP contribution in [0.15, 0.2) is 48.5 Å². The summed E-state index contributed by atoms with van der Waals surface area (Å²) < 4.78 is 11.4. The molecular weight excluding hydrogens is 326 g/mol. The Labute approximate surface area is 155 Å². The molecule has 1 aliphatic heterocycles. The van der Waals surface area contributed by atoms with Crippen LogP contribution in [0.25, 0.3) is 11.1 Å². The summed E-state index contributed by atoms with van der Waals surface area (Å²) in [6, 6.07) is 16.9. The molecule has 2 unspecified atom stereocenters. The molecule has 1 N–H and O–H groups in total. The highest BCUT2D eigenvalue weighted by atomic mass is 16.5. The number of hydrogen-bond donors (Lipinski definition) is 1. The molecule has 0 bridgehead atoms. The lowest BCUT2D eigenvalue weighted by Crippen LogP contribution is -2.31. The van der Waals surface area contributed by atoms with Crippen LogP contribution in [-0.4, -0.2) is 31.3 Å². The predicted molar refractivity (Wildman–Crippen MR) is 103 cm³/mol. The zero-order valence-electron chi connectivity index (χ0n) is 15.5. The summed E-state index contributed by atoms with van der Waals surface area (Å²) >= 11 is 0. The molecule has 3 rings (SSSR count). The summed E-state index contributed by atoms with van der Waals surface area (Å²) in [6.45, 7) is 5.10. The molecule has 4 heteroatoms. The maximum atomic E-state index is 11.1. The van der Waals surface area contributed by atoms with E-state index in [-0.39, 0.29) is 18.1 Å². The van der Waals surface area contributed by atoms with Crippen molar-refractivity contribution in [2.24, 2.45) is 0 Å². The first kappa shape index (κ1) is 18.5. The van der Waals surface area contributed by atoms with E-state index < -0.39 is 0 Å². The Morgan fingerprint density at radius 3 is 2.38 bits per heavy atom. The van der Waals surface area contributed by atoms with Gasteiger partial charge in [-0.3, -0.25) is 4.79 Å². The third kappa shape index (κ3) is 5.33. The van der Waals surface area contributed by atoms with Crippen molar-refractivity contribution in [3.8, 4) is 16.9 Å². The van der Waals surface area contributed by atoms with Gasteiger partial charge in [0.1, 0.15) is 11.9 Å². The fourth-order valence-electron chi connectivity index (χ4n) is 3.31. The van der Waals surface area contributed by atoms with Crippen molar-refractivity contribution in [1.82, 2.24) is 5.32 Å². The van der Waals surface area contributed by atoms with Gasteiger partial charge in [0.05, 0.1) is 6.61 Å². The van der Waals surface area contributed by atoms with E-state index in [1.165, 1.54) is 16.7 Å². The van der Waals surface area contributed by atoms with Gasteiger partial charge in [-0.2, -0.15) is 0 Å². The summed E-state index contributed by atoms with van der Waals surface area (Å²) in [6.07, 6.45) is 3.12. The van der Waals surface area contributed by atoms with Crippen molar-refractivity contribution < 1.29 is 14.3 Å². The van der Waals surface area contributed by atoms with E-state index in [2.05, 4.69) is 41.7 Å².